The van der Waals surface area contributed by atoms with Crippen molar-refractivity contribution in [1.82, 2.24) is 0 Å². The number of benzene rings is 1. The Hall–Kier alpha value is -1.43. The summed E-state index contributed by atoms with van der Waals surface area (Å²) in [7, 11) is 0. The minimum Gasteiger partial charge on any atom is -0.490 e. The Morgan fingerprint density at radius 3 is 2.58 bits per heavy atom. The Morgan fingerprint density at radius 2 is 1.96 bits per heavy atom. The molecule has 3 nitrogen and oxygen atoms in total. The molecule has 1 aliphatic carbocycles. The molecule has 3 rings (SSSR count). The monoisotopic (exact) mass is 361 g/mol. The van der Waals surface area contributed by atoms with E-state index in [9.17, 15) is 18.0 Å². The second kappa shape index (κ2) is 6.82. The summed E-state index contributed by atoms with van der Waals surface area (Å²) in [6.45, 7) is 0.598. The van der Waals surface area contributed by atoms with Gasteiger partial charge in [-0.3, -0.25) is 4.79 Å². The van der Waals surface area contributed by atoms with Gasteiger partial charge in [0, 0.05) is 12.2 Å². The van der Waals surface area contributed by atoms with Crippen LogP contribution in [0.15, 0.2) is 18.2 Å². The lowest BCUT2D eigenvalue weighted by Crippen LogP contribution is -2.31. The molecule has 0 saturated heterocycles. The van der Waals surface area contributed by atoms with E-state index in [-0.39, 0.29) is 30.7 Å². The van der Waals surface area contributed by atoms with Gasteiger partial charge < -0.3 is 9.64 Å². The van der Waals surface area contributed by atoms with Gasteiger partial charge in [-0.2, -0.15) is 13.2 Å². The van der Waals surface area contributed by atoms with Crippen molar-refractivity contribution < 1.29 is 22.7 Å². The van der Waals surface area contributed by atoms with Gasteiger partial charge in [0.2, 0.25) is 5.91 Å². The summed E-state index contributed by atoms with van der Waals surface area (Å²) < 4.78 is 43.9. The van der Waals surface area contributed by atoms with Crippen LogP contribution in [0.5, 0.6) is 5.75 Å². The Kier molecular flexibility index (Phi) is 4.95. The van der Waals surface area contributed by atoms with E-state index in [0.717, 1.165) is 17.7 Å². The van der Waals surface area contributed by atoms with E-state index < -0.39 is 12.1 Å². The topological polar surface area (TPSA) is 29.5 Å². The molecule has 2 aliphatic rings. The Morgan fingerprint density at radius 1 is 1.25 bits per heavy atom. The lowest BCUT2D eigenvalue weighted by Gasteiger charge is -2.30. The predicted octanol–water partition coefficient (Wildman–Crippen LogP) is 4.31. The maximum absolute atomic E-state index is 12.7. The van der Waals surface area contributed by atoms with Crippen LogP contribution in [0.3, 0.4) is 0 Å². The van der Waals surface area contributed by atoms with E-state index in [1.54, 1.807) is 11.0 Å². The van der Waals surface area contributed by atoms with Crippen molar-refractivity contribution >= 4 is 23.2 Å². The second-order valence-electron chi connectivity index (χ2n) is 6.35. The first kappa shape index (κ1) is 17.4. The molecule has 1 saturated carbocycles. The van der Waals surface area contributed by atoms with Crippen LogP contribution in [0.1, 0.15) is 31.2 Å². The van der Waals surface area contributed by atoms with E-state index in [4.69, 9.17) is 16.3 Å². The fourth-order valence-corrected chi connectivity index (χ4v) is 3.63. The van der Waals surface area contributed by atoms with Crippen LogP contribution in [0.25, 0.3) is 0 Å². The normalized spacial score (nSPS) is 23.9. The van der Waals surface area contributed by atoms with Gasteiger partial charge in [-0.05, 0) is 55.9 Å². The molecule has 0 bridgehead atoms. The first-order valence-corrected chi connectivity index (χ1v) is 8.64. The number of amides is 1. The number of nitrogens with zero attached hydrogens (tertiary/aromatic N) is 1. The van der Waals surface area contributed by atoms with Gasteiger partial charge in [-0.1, -0.05) is 0 Å². The van der Waals surface area contributed by atoms with E-state index in [2.05, 4.69) is 0 Å². The molecular weight excluding hydrogens is 343 g/mol. The number of alkyl halides is 4. The highest BCUT2D eigenvalue weighted by Gasteiger charge is 2.41. The number of rotatable bonds is 3. The van der Waals surface area contributed by atoms with Gasteiger partial charge in [-0.15, -0.1) is 11.6 Å². The number of hydrogen-bond acceptors (Lipinski definition) is 2. The minimum atomic E-state index is -4.10. The summed E-state index contributed by atoms with van der Waals surface area (Å²) >= 11 is 5.61. The molecule has 7 heteroatoms. The molecule has 1 heterocycles. The van der Waals surface area contributed by atoms with E-state index in [1.165, 1.54) is 0 Å². The lowest BCUT2D eigenvalue weighted by atomic mass is 9.87. The predicted molar refractivity (Wildman–Crippen MR) is 85.6 cm³/mol. The van der Waals surface area contributed by atoms with E-state index in [0.29, 0.717) is 25.1 Å². The third-order valence-corrected chi connectivity index (χ3v) is 5.03. The summed E-state index contributed by atoms with van der Waals surface area (Å²) in [6, 6.07) is 5.48. The van der Waals surface area contributed by atoms with Gasteiger partial charge in [0.25, 0.3) is 0 Å². The molecule has 0 N–H and O–H groups in total. The molecule has 0 radical (unpaired) electrons. The number of halogens is 4. The Bertz CT molecular complexity index is 612. The molecule has 0 unspecified atom stereocenters. The molecule has 1 aromatic rings. The van der Waals surface area contributed by atoms with Crippen LogP contribution in [0.4, 0.5) is 18.9 Å². The fourth-order valence-electron chi connectivity index (χ4n) is 3.48. The van der Waals surface area contributed by atoms with Gasteiger partial charge in [-0.25, -0.2) is 0 Å². The average Bonchev–Trinajstić information content (AvgIpc) is 2.97. The van der Waals surface area contributed by atoms with Gasteiger partial charge in [0.15, 0.2) is 0 Å². The SMILES string of the molecule is O=C(CCl)N1CCc2cc(O[C@H]3CC[C@H](C(F)(F)F)CC3)ccc21. The number of hydrogen-bond donors (Lipinski definition) is 0. The lowest BCUT2D eigenvalue weighted by molar-refractivity contribution is -0.185. The zero-order chi connectivity index (χ0) is 17.3. The summed E-state index contributed by atoms with van der Waals surface area (Å²) in [4.78, 5) is 13.4. The smallest absolute Gasteiger partial charge is 0.391 e. The number of fused-ring (bicyclic) bond motifs is 1. The second-order valence-corrected chi connectivity index (χ2v) is 6.62. The number of carbonyl (C=O) groups is 1. The van der Waals surface area contributed by atoms with Gasteiger partial charge >= 0.3 is 6.18 Å². The quantitative estimate of drug-likeness (QED) is 0.751. The van der Waals surface area contributed by atoms with Crippen LogP contribution in [0, 0.1) is 5.92 Å². The van der Waals surface area contributed by atoms with E-state index in [1.807, 2.05) is 12.1 Å². The molecular formula is C17H19ClF3NO2. The van der Waals surface area contributed by atoms with Crippen molar-refractivity contribution in [2.75, 3.05) is 17.3 Å². The molecule has 1 aliphatic heterocycles. The Balaban J connectivity index is 1.61. The maximum Gasteiger partial charge on any atom is 0.391 e. The first-order chi connectivity index (χ1) is 11.4. The molecule has 132 valence electrons. The Labute approximate surface area is 143 Å². The zero-order valence-corrected chi connectivity index (χ0v) is 13.9. The molecule has 0 aromatic heterocycles. The van der Waals surface area contributed by atoms with Gasteiger partial charge in [0.1, 0.15) is 11.6 Å². The van der Waals surface area contributed by atoms with Crippen molar-refractivity contribution in [1.29, 1.82) is 0 Å². The number of ether oxygens (including phenoxy) is 1. The standard InChI is InChI=1S/C17H19ClF3NO2/c18-10-16(23)22-8-7-11-9-14(5-6-15(11)22)24-13-3-1-12(2-4-13)17(19,20)21/h5-6,9,12-13H,1-4,7-8,10H2/t12-,13-. The van der Waals surface area contributed by atoms with Crippen LogP contribution >= 0.6 is 11.6 Å². The first-order valence-electron chi connectivity index (χ1n) is 8.11. The summed E-state index contributed by atoms with van der Waals surface area (Å²) in [5.41, 5.74) is 1.85. The largest absolute Gasteiger partial charge is 0.490 e. The van der Waals surface area contributed by atoms with Crippen LogP contribution in [0.2, 0.25) is 0 Å². The number of anilines is 1. The van der Waals surface area contributed by atoms with Crippen molar-refractivity contribution in [2.24, 2.45) is 5.92 Å². The third-order valence-electron chi connectivity index (χ3n) is 4.80. The molecule has 1 aromatic carbocycles. The fraction of sp³-hybridized carbons (Fsp3) is 0.588. The van der Waals surface area contributed by atoms with Crippen molar-refractivity contribution in [2.45, 2.75) is 44.4 Å². The molecule has 24 heavy (non-hydrogen) atoms. The average molecular weight is 362 g/mol. The summed E-state index contributed by atoms with van der Waals surface area (Å²) in [6.07, 6.45) is -2.47. The summed E-state index contributed by atoms with van der Waals surface area (Å²) in [5.74, 6) is -0.730. The van der Waals surface area contributed by atoms with Crippen LogP contribution in [-0.2, 0) is 11.2 Å². The van der Waals surface area contributed by atoms with E-state index >= 15 is 0 Å². The van der Waals surface area contributed by atoms with Gasteiger partial charge in [0.05, 0.1) is 12.0 Å². The van der Waals surface area contributed by atoms with Crippen molar-refractivity contribution in [3.63, 3.8) is 0 Å². The van der Waals surface area contributed by atoms with Crippen molar-refractivity contribution in [3.05, 3.63) is 23.8 Å². The zero-order valence-electron chi connectivity index (χ0n) is 13.1. The molecule has 1 amide bonds. The molecule has 0 spiro atoms. The van der Waals surface area contributed by atoms with Crippen molar-refractivity contribution in [3.8, 4) is 5.75 Å². The summed E-state index contributed by atoms with van der Waals surface area (Å²) in [5, 5.41) is 0. The molecule has 0 atom stereocenters. The highest BCUT2D eigenvalue weighted by molar-refractivity contribution is 6.29. The maximum atomic E-state index is 12.7. The van der Waals surface area contributed by atoms with Crippen LogP contribution in [-0.4, -0.2) is 30.6 Å². The number of carbonyl (C=O) groups excluding carboxylic acids is 1. The highest BCUT2D eigenvalue weighted by Crippen LogP contribution is 2.39. The highest BCUT2D eigenvalue weighted by atomic mass is 35.5. The third kappa shape index (κ3) is 3.63. The van der Waals surface area contributed by atoms with Crippen LogP contribution < -0.4 is 9.64 Å². The minimum absolute atomic E-state index is 0.0554. The molecule has 1 fully saturated rings.